The molecular formula is C19H25ClN7O2S+. The molecule has 0 aliphatic carbocycles. The number of anilines is 1. The molecule has 0 N–H and O–H groups in total. The highest BCUT2D eigenvalue weighted by atomic mass is 35.5. The smallest absolute Gasteiger partial charge is 0.345 e. The molecule has 3 saturated heterocycles. The van der Waals surface area contributed by atoms with Gasteiger partial charge in [-0.25, -0.2) is 4.98 Å². The molecule has 0 atom stereocenters. The number of nitrogens with zero attached hydrogens (tertiary/aromatic N) is 7. The number of quaternary nitrogens is 1. The lowest BCUT2D eigenvalue weighted by Gasteiger charge is -2.51. The van der Waals surface area contributed by atoms with E-state index in [0.717, 1.165) is 36.7 Å². The van der Waals surface area contributed by atoms with Crippen LogP contribution >= 0.6 is 22.9 Å². The fourth-order valence-corrected chi connectivity index (χ4v) is 4.89. The highest BCUT2D eigenvalue weighted by Crippen LogP contribution is 2.33. The zero-order valence-electron chi connectivity index (χ0n) is 16.9. The highest BCUT2D eigenvalue weighted by Gasteiger charge is 2.38. The third-order valence-corrected chi connectivity index (χ3v) is 7.23. The number of halogens is 1. The molecule has 3 fully saturated rings. The molecule has 1 aromatic carbocycles. The van der Waals surface area contributed by atoms with Gasteiger partial charge in [0.25, 0.3) is 0 Å². The summed E-state index contributed by atoms with van der Waals surface area (Å²) in [6, 6.07) is 5.75. The number of aromatic nitrogens is 1. The van der Waals surface area contributed by atoms with Crippen LogP contribution in [0.1, 0.15) is 6.92 Å². The van der Waals surface area contributed by atoms with Crippen molar-refractivity contribution in [3.8, 4) is 0 Å². The molecule has 0 radical (unpaired) electrons. The molecule has 11 heteroatoms. The minimum atomic E-state index is -0.493. The van der Waals surface area contributed by atoms with Crippen molar-refractivity contribution >= 4 is 44.4 Å². The van der Waals surface area contributed by atoms with Crippen molar-refractivity contribution in [2.24, 2.45) is 10.2 Å². The maximum atomic E-state index is 10.7. The van der Waals surface area contributed by atoms with Gasteiger partial charge in [0.05, 0.1) is 42.7 Å². The standard InChI is InChI=1S/C19H25ClN7O2S/c1-2-25(8-12-27-9-5-24(6-10-27)7-11-27)15-3-4-17(16(20)13-15)22-23-19-21-14-18(30-19)26(28)29/h3-4,13-14H,2,5-12H2,1H3/q+1. The van der Waals surface area contributed by atoms with Crippen molar-refractivity contribution in [2.45, 2.75) is 6.92 Å². The lowest BCUT2D eigenvalue weighted by molar-refractivity contribution is -0.939. The fourth-order valence-electron chi connectivity index (χ4n) is 4.13. The Morgan fingerprint density at radius 1 is 1.30 bits per heavy atom. The summed E-state index contributed by atoms with van der Waals surface area (Å²) in [5, 5.41) is 19.5. The van der Waals surface area contributed by atoms with Crippen LogP contribution in [0.25, 0.3) is 0 Å². The molecule has 4 heterocycles. The Bertz CT molecular complexity index is 929. The summed E-state index contributed by atoms with van der Waals surface area (Å²) in [5.41, 5.74) is 1.59. The van der Waals surface area contributed by atoms with E-state index in [1.165, 1.54) is 49.9 Å². The molecule has 1 aromatic heterocycles. The van der Waals surface area contributed by atoms with E-state index in [1.807, 2.05) is 18.2 Å². The molecule has 160 valence electrons. The monoisotopic (exact) mass is 450 g/mol. The van der Waals surface area contributed by atoms with E-state index in [1.54, 1.807) is 0 Å². The van der Waals surface area contributed by atoms with Gasteiger partial charge in [-0.15, -0.1) is 10.2 Å². The molecule has 2 bridgehead atoms. The molecule has 0 spiro atoms. The zero-order valence-corrected chi connectivity index (χ0v) is 18.5. The van der Waals surface area contributed by atoms with Gasteiger partial charge in [0, 0.05) is 31.9 Å². The predicted molar refractivity (Wildman–Crippen MR) is 118 cm³/mol. The third-order valence-electron chi connectivity index (χ3n) is 6.10. The van der Waals surface area contributed by atoms with Crippen LogP contribution in [0, 0.1) is 10.1 Å². The Hall–Kier alpha value is -2.14. The van der Waals surface area contributed by atoms with Crippen LogP contribution in [0.4, 0.5) is 21.5 Å². The molecule has 0 saturated carbocycles. The zero-order chi connectivity index (χ0) is 21.1. The first-order valence-electron chi connectivity index (χ1n) is 10.1. The van der Waals surface area contributed by atoms with Crippen molar-refractivity contribution in [1.82, 2.24) is 9.88 Å². The number of benzene rings is 1. The molecule has 9 nitrogen and oxygen atoms in total. The Labute approximate surface area is 184 Å². The van der Waals surface area contributed by atoms with Crippen LogP contribution in [-0.2, 0) is 0 Å². The van der Waals surface area contributed by atoms with Gasteiger partial charge >= 0.3 is 5.00 Å². The normalized spacial score (nSPS) is 23.2. The molecule has 30 heavy (non-hydrogen) atoms. The van der Waals surface area contributed by atoms with Crippen LogP contribution in [0.15, 0.2) is 34.6 Å². The molecule has 0 unspecified atom stereocenters. The summed E-state index contributed by atoms with van der Waals surface area (Å²) in [6.45, 7) is 12.7. The van der Waals surface area contributed by atoms with Crippen molar-refractivity contribution < 1.29 is 9.41 Å². The summed E-state index contributed by atoms with van der Waals surface area (Å²) in [4.78, 5) is 19.1. The molecule has 0 amide bonds. The predicted octanol–water partition coefficient (Wildman–Crippen LogP) is 4.09. The largest absolute Gasteiger partial charge is 0.366 e. The number of likely N-dealkylation sites (N-methyl/N-ethyl adjacent to an activating group) is 1. The molecule has 3 aliphatic heterocycles. The van der Waals surface area contributed by atoms with Gasteiger partial charge in [0.1, 0.15) is 11.9 Å². The lowest BCUT2D eigenvalue weighted by Crippen LogP contribution is -2.68. The van der Waals surface area contributed by atoms with Gasteiger partial charge in [-0.05, 0) is 36.5 Å². The van der Waals surface area contributed by atoms with Crippen molar-refractivity contribution in [3.63, 3.8) is 0 Å². The first kappa shape index (κ1) is 21.1. The van der Waals surface area contributed by atoms with E-state index in [9.17, 15) is 10.1 Å². The van der Waals surface area contributed by atoms with E-state index in [-0.39, 0.29) is 10.1 Å². The van der Waals surface area contributed by atoms with Gasteiger partial charge in [0.2, 0.25) is 5.13 Å². The van der Waals surface area contributed by atoms with Crippen LogP contribution in [0.3, 0.4) is 0 Å². The Kier molecular flexibility index (Phi) is 6.28. The van der Waals surface area contributed by atoms with Crippen LogP contribution in [0.2, 0.25) is 5.02 Å². The fraction of sp³-hybridized carbons (Fsp3) is 0.526. The maximum Gasteiger partial charge on any atom is 0.345 e. The Morgan fingerprint density at radius 2 is 2.03 bits per heavy atom. The Balaban J connectivity index is 1.41. The number of azo groups is 1. The SMILES string of the molecule is CCN(CC[N+]12CCN(CC1)CC2)c1ccc(N=Nc2ncc([N+](=O)[O-])s2)c(Cl)c1. The number of nitro groups is 1. The molecular weight excluding hydrogens is 426 g/mol. The van der Waals surface area contributed by atoms with Gasteiger partial charge in [0.15, 0.2) is 0 Å². The van der Waals surface area contributed by atoms with Gasteiger partial charge in [-0.2, -0.15) is 0 Å². The quantitative estimate of drug-likeness (QED) is 0.261. The van der Waals surface area contributed by atoms with Gasteiger partial charge in [-0.3, -0.25) is 15.0 Å². The third kappa shape index (κ3) is 4.61. The van der Waals surface area contributed by atoms with Crippen LogP contribution < -0.4 is 4.90 Å². The van der Waals surface area contributed by atoms with Crippen molar-refractivity contribution in [2.75, 3.05) is 63.8 Å². The second-order valence-electron chi connectivity index (χ2n) is 7.73. The number of rotatable bonds is 8. The number of piperazine rings is 3. The summed E-state index contributed by atoms with van der Waals surface area (Å²) < 4.78 is 1.23. The minimum absolute atomic E-state index is 0.0644. The topological polar surface area (TPSA) is 87.2 Å². The van der Waals surface area contributed by atoms with Crippen LogP contribution in [-0.4, -0.2) is 78.2 Å². The van der Waals surface area contributed by atoms with E-state index in [0.29, 0.717) is 10.7 Å². The average molecular weight is 451 g/mol. The van der Waals surface area contributed by atoms with Gasteiger partial charge in [-0.1, -0.05) is 11.6 Å². The number of thiazole rings is 1. The first-order chi connectivity index (χ1) is 14.5. The van der Waals surface area contributed by atoms with Crippen molar-refractivity contribution in [3.05, 3.63) is 39.5 Å². The highest BCUT2D eigenvalue weighted by molar-refractivity contribution is 7.18. The summed E-state index contributed by atoms with van der Waals surface area (Å²) in [7, 11) is 0. The van der Waals surface area contributed by atoms with Gasteiger partial charge < -0.3 is 9.38 Å². The first-order valence-corrected chi connectivity index (χ1v) is 11.3. The average Bonchev–Trinajstić information content (AvgIpc) is 3.24. The second-order valence-corrected chi connectivity index (χ2v) is 9.13. The van der Waals surface area contributed by atoms with E-state index in [2.05, 4.69) is 31.9 Å². The minimum Gasteiger partial charge on any atom is -0.366 e. The summed E-state index contributed by atoms with van der Waals surface area (Å²) >= 11 is 7.32. The number of hydrogen-bond acceptors (Lipinski definition) is 8. The maximum absolute atomic E-state index is 10.7. The van der Waals surface area contributed by atoms with Crippen molar-refractivity contribution in [1.29, 1.82) is 0 Å². The number of hydrogen-bond donors (Lipinski definition) is 0. The van der Waals surface area contributed by atoms with E-state index >= 15 is 0 Å². The Morgan fingerprint density at radius 3 is 2.63 bits per heavy atom. The molecule has 5 rings (SSSR count). The van der Waals surface area contributed by atoms with Crippen LogP contribution in [0.5, 0.6) is 0 Å². The van der Waals surface area contributed by atoms with E-state index < -0.39 is 4.92 Å². The second kappa shape index (κ2) is 8.93. The molecule has 3 aliphatic rings. The van der Waals surface area contributed by atoms with E-state index in [4.69, 9.17) is 11.6 Å². The summed E-state index contributed by atoms with van der Waals surface area (Å²) in [6.07, 6.45) is 1.18. The summed E-state index contributed by atoms with van der Waals surface area (Å²) in [5.74, 6) is 0. The lowest BCUT2D eigenvalue weighted by atomic mass is 10.1. The molecule has 2 aromatic rings. The number of fused-ring (bicyclic) bond motifs is 3.